The van der Waals surface area contributed by atoms with Crippen molar-refractivity contribution in [3.8, 4) is 5.82 Å². The lowest BCUT2D eigenvalue weighted by Crippen LogP contribution is -2.15. The van der Waals surface area contributed by atoms with Gasteiger partial charge in [0.2, 0.25) is 0 Å². The van der Waals surface area contributed by atoms with Gasteiger partial charge in [-0.2, -0.15) is 0 Å². The summed E-state index contributed by atoms with van der Waals surface area (Å²) in [7, 11) is -3.93. The fourth-order valence-corrected chi connectivity index (χ4v) is 4.02. The number of nitrogens with one attached hydrogen (secondary N) is 1. The molecular formula is C15H13Cl2N5O2S. The lowest BCUT2D eigenvalue weighted by Gasteiger charge is -2.11. The molecule has 0 aliphatic carbocycles. The number of anilines is 1. The fourth-order valence-electron chi connectivity index (χ4n) is 2.18. The normalized spacial score (nSPS) is 11.5. The number of nitrogens with zero attached hydrogens (tertiary/aromatic N) is 4. The van der Waals surface area contributed by atoms with Crippen molar-refractivity contribution in [3.05, 3.63) is 58.4 Å². The highest BCUT2D eigenvalue weighted by Gasteiger charge is 2.20. The lowest BCUT2D eigenvalue weighted by molar-refractivity contribution is 0.601. The number of sulfonamides is 1. The van der Waals surface area contributed by atoms with Crippen molar-refractivity contribution in [2.24, 2.45) is 0 Å². The van der Waals surface area contributed by atoms with Gasteiger partial charge in [-0.15, -0.1) is 0 Å². The van der Waals surface area contributed by atoms with Gasteiger partial charge in [0.25, 0.3) is 10.0 Å². The third-order valence-electron chi connectivity index (χ3n) is 3.47. The Bertz CT molecular complexity index is 1050. The minimum Gasteiger partial charge on any atom is -0.288 e. The van der Waals surface area contributed by atoms with Crippen molar-refractivity contribution in [1.82, 2.24) is 19.5 Å². The minimum atomic E-state index is -3.93. The molecule has 1 N–H and O–H groups in total. The van der Waals surface area contributed by atoms with E-state index in [-0.39, 0.29) is 15.7 Å². The largest absolute Gasteiger partial charge is 0.288 e. The zero-order chi connectivity index (χ0) is 18.2. The van der Waals surface area contributed by atoms with Gasteiger partial charge in [-0.3, -0.25) is 9.29 Å². The Hall–Kier alpha value is -2.16. The lowest BCUT2D eigenvalue weighted by atomic mass is 10.2. The molecular weight excluding hydrogens is 385 g/mol. The average molecular weight is 398 g/mol. The van der Waals surface area contributed by atoms with Crippen LogP contribution in [-0.4, -0.2) is 27.9 Å². The van der Waals surface area contributed by atoms with Crippen molar-refractivity contribution >= 4 is 39.0 Å². The molecule has 25 heavy (non-hydrogen) atoms. The van der Waals surface area contributed by atoms with Crippen LogP contribution in [0, 0.1) is 13.8 Å². The number of imidazole rings is 1. The third-order valence-corrected chi connectivity index (χ3v) is 5.69. The van der Waals surface area contributed by atoms with Crippen LogP contribution in [0.25, 0.3) is 5.82 Å². The van der Waals surface area contributed by atoms with Crippen LogP contribution in [-0.2, 0) is 10.0 Å². The molecule has 0 atom stereocenters. The monoisotopic (exact) mass is 397 g/mol. The molecule has 130 valence electrons. The van der Waals surface area contributed by atoms with Crippen LogP contribution in [0.2, 0.25) is 10.0 Å². The van der Waals surface area contributed by atoms with Gasteiger partial charge in [-0.25, -0.2) is 23.4 Å². The molecule has 0 spiro atoms. The Labute approximate surface area is 154 Å². The first-order valence-corrected chi connectivity index (χ1v) is 9.32. The van der Waals surface area contributed by atoms with E-state index in [2.05, 4.69) is 19.7 Å². The maximum absolute atomic E-state index is 12.6. The maximum Gasteiger partial charge on any atom is 0.264 e. The van der Waals surface area contributed by atoms with E-state index in [0.717, 1.165) is 0 Å². The van der Waals surface area contributed by atoms with E-state index < -0.39 is 10.0 Å². The van der Waals surface area contributed by atoms with Gasteiger partial charge in [-0.1, -0.05) is 23.2 Å². The first kappa shape index (κ1) is 17.7. The van der Waals surface area contributed by atoms with Gasteiger partial charge < -0.3 is 0 Å². The Morgan fingerprint density at radius 2 is 1.80 bits per heavy atom. The summed E-state index contributed by atoms with van der Waals surface area (Å²) in [6.07, 6.45) is 4.61. The van der Waals surface area contributed by atoms with E-state index in [9.17, 15) is 8.42 Å². The van der Waals surface area contributed by atoms with Crippen LogP contribution in [0.15, 0.2) is 41.8 Å². The molecule has 0 saturated carbocycles. The highest BCUT2D eigenvalue weighted by molar-refractivity contribution is 7.92. The molecule has 0 aliphatic heterocycles. The second kappa shape index (κ2) is 6.62. The molecule has 0 aliphatic rings. The number of aromatic nitrogens is 4. The topological polar surface area (TPSA) is 89.8 Å². The first-order chi connectivity index (χ1) is 11.8. The molecule has 0 saturated heterocycles. The van der Waals surface area contributed by atoms with Gasteiger partial charge >= 0.3 is 0 Å². The molecule has 3 rings (SSSR count). The van der Waals surface area contributed by atoms with Crippen LogP contribution in [0.5, 0.6) is 0 Å². The van der Waals surface area contributed by atoms with Crippen LogP contribution >= 0.6 is 23.2 Å². The summed E-state index contributed by atoms with van der Waals surface area (Å²) < 4.78 is 29.4. The van der Waals surface area contributed by atoms with Crippen molar-refractivity contribution in [1.29, 1.82) is 0 Å². The van der Waals surface area contributed by atoms with Crippen LogP contribution in [0.3, 0.4) is 0 Å². The molecule has 3 aromatic rings. The molecule has 1 aromatic carbocycles. The van der Waals surface area contributed by atoms with E-state index in [1.165, 1.54) is 24.5 Å². The van der Waals surface area contributed by atoms with E-state index in [1.54, 1.807) is 23.9 Å². The van der Waals surface area contributed by atoms with Gasteiger partial charge in [0.1, 0.15) is 28.7 Å². The highest BCUT2D eigenvalue weighted by atomic mass is 35.5. The van der Waals surface area contributed by atoms with E-state index >= 15 is 0 Å². The Morgan fingerprint density at radius 3 is 2.48 bits per heavy atom. The first-order valence-electron chi connectivity index (χ1n) is 7.09. The van der Waals surface area contributed by atoms with Gasteiger partial charge in [0.05, 0.1) is 5.02 Å². The SMILES string of the molecule is Cc1cc(S(=O)(=O)Nc2cc(-n3ccnc3C)ncn2)c(Cl)cc1Cl. The molecule has 0 amide bonds. The molecule has 0 fully saturated rings. The Morgan fingerprint density at radius 1 is 1.04 bits per heavy atom. The summed E-state index contributed by atoms with van der Waals surface area (Å²) in [5.74, 6) is 1.31. The summed E-state index contributed by atoms with van der Waals surface area (Å²) in [4.78, 5) is 12.1. The molecule has 2 aromatic heterocycles. The second-order valence-electron chi connectivity index (χ2n) is 5.24. The van der Waals surface area contributed by atoms with Crippen molar-refractivity contribution < 1.29 is 8.42 Å². The summed E-state index contributed by atoms with van der Waals surface area (Å²) >= 11 is 12.0. The van der Waals surface area contributed by atoms with Gasteiger partial charge in [0.15, 0.2) is 0 Å². The summed E-state index contributed by atoms with van der Waals surface area (Å²) in [5, 5.41) is 0.423. The molecule has 10 heteroatoms. The van der Waals surface area contributed by atoms with E-state index in [0.29, 0.717) is 22.2 Å². The van der Waals surface area contributed by atoms with Crippen LogP contribution in [0.1, 0.15) is 11.4 Å². The molecule has 7 nitrogen and oxygen atoms in total. The number of rotatable bonds is 4. The summed E-state index contributed by atoms with van der Waals surface area (Å²) in [5.41, 5.74) is 0.601. The third kappa shape index (κ3) is 3.60. The van der Waals surface area contributed by atoms with E-state index in [1.807, 2.05) is 6.92 Å². The minimum absolute atomic E-state index is 0.0304. The standard InChI is InChI=1S/C15H13Cl2N5O2S/c1-9-5-13(12(17)6-11(9)16)25(23,24)21-14-7-15(20-8-19-14)22-4-3-18-10(22)2/h3-8H,1-2H3,(H,19,20,21). The van der Waals surface area contributed by atoms with Crippen molar-refractivity contribution in [3.63, 3.8) is 0 Å². The molecule has 0 bridgehead atoms. The number of hydrogen-bond donors (Lipinski definition) is 1. The predicted octanol–water partition coefficient (Wildman–Crippen LogP) is 3.39. The quantitative estimate of drug-likeness (QED) is 0.728. The average Bonchev–Trinajstić information content (AvgIpc) is 2.96. The number of halogens is 2. The van der Waals surface area contributed by atoms with E-state index in [4.69, 9.17) is 23.2 Å². The zero-order valence-electron chi connectivity index (χ0n) is 13.2. The summed E-state index contributed by atoms with van der Waals surface area (Å²) in [6.45, 7) is 3.50. The molecule has 2 heterocycles. The van der Waals surface area contributed by atoms with Crippen LogP contribution in [0.4, 0.5) is 5.82 Å². The molecule has 0 radical (unpaired) electrons. The number of aryl methyl sites for hydroxylation is 2. The second-order valence-corrected chi connectivity index (χ2v) is 7.71. The van der Waals surface area contributed by atoms with Gasteiger partial charge in [0, 0.05) is 23.5 Å². The Kier molecular flexibility index (Phi) is 4.68. The highest BCUT2D eigenvalue weighted by Crippen LogP contribution is 2.29. The zero-order valence-corrected chi connectivity index (χ0v) is 15.6. The fraction of sp³-hybridized carbons (Fsp3) is 0.133. The van der Waals surface area contributed by atoms with Crippen LogP contribution < -0.4 is 4.72 Å². The Balaban J connectivity index is 1.97. The maximum atomic E-state index is 12.6. The predicted molar refractivity (Wildman–Crippen MR) is 95.9 cm³/mol. The van der Waals surface area contributed by atoms with Crippen molar-refractivity contribution in [2.75, 3.05) is 4.72 Å². The smallest absolute Gasteiger partial charge is 0.264 e. The number of benzene rings is 1. The van der Waals surface area contributed by atoms with Crippen molar-refractivity contribution in [2.45, 2.75) is 18.7 Å². The number of hydrogen-bond acceptors (Lipinski definition) is 5. The summed E-state index contributed by atoms with van der Waals surface area (Å²) in [6, 6.07) is 4.31. The molecule has 0 unspecified atom stereocenters. The van der Waals surface area contributed by atoms with Gasteiger partial charge in [-0.05, 0) is 31.5 Å².